The summed E-state index contributed by atoms with van der Waals surface area (Å²) in [6.07, 6.45) is 4.02. The monoisotopic (exact) mass is 335 g/mol. The maximum atomic E-state index is 6.22. The molecule has 0 N–H and O–H groups in total. The third kappa shape index (κ3) is 3.24. The van der Waals surface area contributed by atoms with Crippen molar-refractivity contribution in [2.45, 2.75) is 31.9 Å². The third-order valence-electron chi connectivity index (χ3n) is 4.50. The Kier molecular flexibility index (Phi) is 4.04. The lowest BCUT2D eigenvalue weighted by Crippen LogP contribution is -2.59. The molecule has 7 nitrogen and oxygen atoms in total. The predicted molar refractivity (Wildman–Crippen MR) is 86.6 cm³/mol. The summed E-state index contributed by atoms with van der Waals surface area (Å²) in [4.78, 5) is 9.01. The SMILES string of the molecule is Cc1nnc(N2CCC[C@]3(CN(Cc4nccs4)CCO3)C2)o1. The lowest BCUT2D eigenvalue weighted by Gasteiger charge is -2.47. The number of anilines is 1. The minimum absolute atomic E-state index is 0.143. The lowest BCUT2D eigenvalue weighted by molar-refractivity contribution is -0.116. The molecule has 0 bridgehead atoms. The number of morpholine rings is 1. The van der Waals surface area contributed by atoms with E-state index >= 15 is 0 Å². The van der Waals surface area contributed by atoms with Crippen LogP contribution in [0, 0.1) is 6.92 Å². The number of hydrogen-bond donors (Lipinski definition) is 0. The topological polar surface area (TPSA) is 67.5 Å². The first-order valence-electron chi connectivity index (χ1n) is 8.02. The van der Waals surface area contributed by atoms with E-state index in [1.807, 2.05) is 18.5 Å². The Morgan fingerprint density at radius 3 is 3.04 bits per heavy atom. The average molecular weight is 335 g/mol. The summed E-state index contributed by atoms with van der Waals surface area (Å²) in [5.74, 6) is 0.606. The van der Waals surface area contributed by atoms with Gasteiger partial charge in [0.1, 0.15) is 5.01 Å². The Morgan fingerprint density at radius 2 is 2.26 bits per heavy atom. The minimum Gasteiger partial charge on any atom is -0.408 e. The van der Waals surface area contributed by atoms with E-state index in [4.69, 9.17) is 9.15 Å². The Bertz CT molecular complexity index is 642. The summed E-state index contributed by atoms with van der Waals surface area (Å²) in [7, 11) is 0. The molecule has 124 valence electrons. The fourth-order valence-corrected chi connectivity index (χ4v) is 4.16. The van der Waals surface area contributed by atoms with Crippen LogP contribution in [-0.4, -0.2) is 58.5 Å². The number of ether oxygens (including phenoxy) is 1. The smallest absolute Gasteiger partial charge is 0.318 e. The van der Waals surface area contributed by atoms with Gasteiger partial charge in [-0.25, -0.2) is 4.98 Å². The lowest BCUT2D eigenvalue weighted by atomic mass is 9.91. The molecule has 4 heterocycles. The van der Waals surface area contributed by atoms with Gasteiger partial charge >= 0.3 is 6.01 Å². The van der Waals surface area contributed by atoms with Crippen molar-refractivity contribution in [1.82, 2.24) is 20.1 Å². The van der Waals surface area contributed by atoms with Crippen LogP contribution in [0.1, 0.15) is 23.7 Å². The molecule has 2 fully saturated rings. The van der Waals surface area contributed by atoms with Gasteiger partial charge in [-0.3, -0.25) is 4.90 Å². The number of hydrogen-bond acceptors (Lipinski definition) is 8. The quantitative estimate of drug-likeness (QED) is 0.846. The Hall–Kier alpha value is -1.51. The van der Waals surface area contributed by atoms with Gasteiger partial charge < -0.3 is 14.1 Å². The Balaban J connectivity index is 1.46. The Morgan fingerprint density at radius 1 is 1.30 bits per heavy atom. The third-order valence-corrected chi connectivity index (χ3v) is 5.26. The zero-order valence-corrected chi connectivity index (χ0v) is 14.1. The van der Waals surface area contributed by atoms with Crippen molar-refractivity contribution in [1.29, 1.82) is 0 Å². The van der Waals surface area contributed by atoms with E-state index in [1.165, 1.54) is 5.01 Å². The molecule has 8 heteroatoms. The molecule has 2 saturated heterocycles. The van der Waals surface area contributed by atoms with E-state index < -0.39 is 0 Å². The van der Waals surface area contributed by atoms with E-state index in [9.17, 15) is 0 Å². The fraction of sp³-hybridized carbons (Fsp3) is 0.667. The molecule has 0 amide bonds. The summed E-state index contributed by atoms with van der Waals surface area (Å²) < 4.78 is 11.8. The summed E-state index contributed by atoms with van der Waals surface area (Å²) >= 11 is 1.71. The minimum atomic E-state index is -0.143. The second-order valence-electron chi connectivity index (χ2n) is 6.30. The highest BCUT2D eigenvalue weighted by Crippen LogP contribution is 2.31. The normalized spacial score (nSPS) is 26.0. The van der Waals surface area contributed by atoms with Crippen LogP contribution in [0.25, 0.3) is 0 Å². The van der Waals surface area contributed by atoms with Crippen molar-refractivity contribution in [3.05, 3.63) is 22.5 Å². The molecule has 0 unspecified atom stereocenters. The van der Waals surface area contributed by atoms with E-state index in [0.29, 0.717) is 11.9 Å². The van der Waals surface area contributed by atoms with Gasteiger partial charge in [-0.1, -0.05) is 5.10 Å². The number of thiazole rings is 1. The van der Waals surface area contributed by atoms with Gasteiger partial charge in [0.25, 0.3) is 0 Å². The molecule has 2 aliphatic heterocycles. The molecule has 0 radical (unpaired) electrons. The molecule has 0 saturated carbocycles. The van der Waals surface area contributed by atoms with Crippen molar-refractivity contribution < 1.29 is 9.15 Å². The largest absolute Gasteiger partial charge is 0.408 e. The van der Waals surface area contributed by atoms with Gasteiger partial charge in [-0.15, -0.1) is 16.4 Å². The molecule has 2 aromatic rings. The first-order chi connectivity index (χ1) is 11.2. The molecule has 1 spiro atoms. The molecular weight excluding hydrogens is 314 g/mol. The molecule has 0 aliphatic carbocycles. The van der Waals surface area contributed by atoms with Crippen molar-refractivity contribution >= 4 is 17.4 Å². The van der Waals surface area contributed by atoms with Crippen LogP contribution in [-0.2, 0) is 11.3 Å². The van der Waals surface area contributed by atoms with Crippen LogP contribution in [0.4, 0.5) is 6.01 Å². The summed E-state index contributed by atoms with van der Waals surface area (Å²) in [5, 5.41) is 11.3. The predicted octanol–water partition coefficient (Wildman–Crippen LogP) is 1.71. The molecule has 1 atom stereocenters. The van der Waals surface area contributed by atoms with Crippen LogP contribution >= 0.6 is 11.3 Å². The summed E-state index contributed by atoms with van der Waals surface area (Å²) in [5.41, 5.74) is -0.143. The summed E-state index contributed by atoms with van der Waals surface area (Å²) in [6, 6.07) is 0.613. The Labute approximate surface area is 139 Å². The molecule has 4 rings (SSSR count). The molecule has 23 heavy (non-hydrogen) atoms. The highest BCUT2D eigenvalue weighted by atomic mass is 32.1. The van der Waals surface area contributed by atoms with Crippen LogP contribution < -0.4 is 4.90 Å². The number of piperidine rings is 1. The maximum absolute atomic E-state index is 6.22. The first-order valence-corrected chi connectivity index (χ1v) is 8.90. The second kappa shape index (κ2) is 6.18. The average Bonchev–Trinajstić information content (AvgIpc) is 3.19. The van der Waals surface area contributed by atoms with Crippen molar-refractivity contribution in [3.63, 3.8) is 0 Å². The van der Waals surface area contributed by atoms with Gasteiger partial charge in [0.15, 0.2) is 0 Å². The number of rotatable bonds is 3. The van der Waals surface area contributed by atoms with E-state index in [-0.39, 0.29) is 5.60 Å². The zero-order chi connectivity index (χ0) is 15.7. The zero-order valence-electron chi connectivity index (χ0n) is 13.3. The van der Waals surface area contributed by atoms with Crippen molar-refractivity contribution in [2.24, 2.45) is 0 Å². The van der Waals surface area contributed by atoms with Crippen molar-refractivity contribution in [3.8, 4) is 0 Å². The van der Waals surface area contributed by atoms with Crippen molar-refractivity contribution in [2.75, 3.05) is 37.7 Å². The van der Waals surface area contributed by atoms with Crippen LogP contribution in [0.15, 0.2) is 16.0 Å². The van der Waals surface area contributed by atoms with Gasteiger partial charge in [0.05, 0.1) is 25.3 Å². The van der Waals surface area contributed by atoms with Gasteiger partial charge in [0.2, 0.25) is 5.89 Å². The number of nitrogens with zero attached hydrogens (tertiary/aromatic N) is 5. The summed E-state index contributed by atoms with van der Waals surface area (Å²) in [6.45, 7) is 7.13. The fourth-order valence-electron chi connectivity index (χ4n) is 3.50. The van der Waals surface area contributed by atoms with Crippen LogP contribution in [0.2, 0.25) is 0 Å². The number of aryl methyl sites for hydroxylation is 1. The molecule has 2 aromatic heterocycles. The van der Waals surface area contributed by atoms with E-state index in [2.05, 4.69) is 25.0 Å². The molecule has 2 aliphatic rings. The van der Waals surface area contributed by atoms with Gasteiger partial charge in [-0.2, -0.15) is 0 Å². The van der Waals surface area contributed by atoms with Crippen LogP contribution in [0.3, 0.4) is 0 Å². The maximum Gasteiger partial charge on any atom is 0.318 e. The van der Waals surface area contributed by atoms with Gasteiger partial charge in [-0.05, 0) is 12.8 Å². The standard InChI is InChI=1S/C15H21N5O2S/c1-12-17-18-14(22-12)20-5-2-3-15(11-20)10-19(6-7-21-15)9-13-16-4-8-23-13/h4,8H,2-3,5-7,9-11H2,1H3/t15-/m0/s1. The van der Waals surface area contributed by atoms with E-state index in [0.717, 1.165) is 52.2 Å². The highest BCUT2D eigenvalue weighted by molar-refractivity contribution is 7.09. The molecule has 0 aromatic carbocycles. The second-order valence-corrected chi connectivity index (χ2v) is 7.28. The molecular formula is C15H21N5O2S. The van der Waals surface area contributed by atoms with Crippen LogP contribution in [0.5, 0.6) is 0 Å². The highest BCUT2D eigenvalue weighted by Gasteiger charge is 2.41. The first kappa shape index (κ1) is 15.0. The van der Waals surface area contributed by atoms with E-state index in [1.54, 1.807) is 11.3 Å². The van der Waals surface area contributed by atoms with Gasteiger partial charge in [0, 0.05) is 38.1 Å². The number of aromatic nitrogens is 3.